The van der Waals surface area contributed by atoms with Crippen LogP contribution in [0.4, 0.5) is 4.79 Å². The van der Waals surface area contributed by atoms with Crippen molar-refractivity contribution < 1.29 is 23.9 Å². The van der Waals surface area contributed by atoms with Crippen molar-refractivity contribution in [1.29, 1.82) is 0 Å². The summed E-state index contributed by atoms with van der Waals surface area (Å²) in [6.45, 7) is 0.145. The molecular weight excluding hydrogens is 276 g/mol. The van der Waals surface area contributed by atoms with E-state index in [1.807, 2.05) is 0 Å². The minimum Gasteiger partial charge on any atom is -0.497 e. The number of amides is 3. The number of urea groups is 1. The second-order valence-electron chi connectivity index (χ2n) is 4.55. The van der Waals surface area contributed by atoms with E-state index in [1.165, 1.54) is 7.11 Å². The Bertz CT molecular complexity index is 555. The Morgan fingerprint density at radius 1 is 1.24 bits per heavy atom. The number of ether oxygens (including phenoxy) is 2. The highest BCUT2D eigenvalue weighted by Gasteiger charge is 2.39. The first kappa shape index (κ1) is 14.8. The van der Waals surface area contributed by atoms with Gasteiger partial charge in [0.05, 0.1) is 27.2 Å². The highest BCUT2D eigenvalue weighted by atomic mass is 16.5. The van der Waals surface area contributed by atoms with Gasteiger partial charge >= 0.3 is 12.0 Å². The molecule has 0 aromatic heterocycles. The molecule has 1 unspecified atom stereocenters. The third kappa shape index (κ3) is 3.31. The van der Waals surface area contributed by atoms with E-state index in [2.05, 4.69) is 10.1 Å². The van der Waals surface area contributed by atoms with Crippen LogP contribution < -0.4 is 10.1 Å². The average molecular weight is 292 g/mol. The number of hydrogen-bond acceptors (Lipinski definition) is 5. The van der Waals surface area contributed by atoms with E-state index in [1.54, 1.807) is 31.4 Å². The molecule has 1 aliphatic rings. The molecular formula is C14H16N2O5. The molecule has 0 spiro atoms. The van der Waals surface area contributed by atoms with Crippen LogP contribution in [0.2, 0.25) is 0 Å². The molecule has 7 nitrogen and oxygen atoms in total. The SMILES string of the molecule is COC(=O)CC1NC(=O)N(Cc2ccc(OC)cc2)C1=O. The van der Waals surface area contributed by atoms with E-state index < -0.39 is 23.9 Å². The Hall–Kier alpha value is -2.57. The normalized spacial score (nSPS) is 17.6. The molecule has 1 aromatic rings. The molecule has 1 heterocycles. The first-order valence-corrected chi connectivity index (χ1v) is 6.36. The molecule has 1 N–H and O–H groups in total. The predicted octanol–water partition coefficient (Wildman–Crippen LogP) is 0.679. The van der Waals surface area contributed by atoms with Crippen molar-refractivity contribution in [2.45, 2.75) is 19.0 Å². The summed E-state index contributed by atoms with van der Waals surface area (Å²) in [6.07, 6.45) is -0.166. The number of nitrogens with one attached hydrogen (secondary N) is 1. The van der Waals surface area contributed by atoms with Crippen LogP contribution in [0.1, 0.15) is 12.0 Å². The van der Waals surface area contributed by atoms with Crippen LogP contribution in [0.15, 0.2) is 24.3 Å². The van der Waals surface area contributed by atoms with Gasteiger partial charge in [-0.25, -0.2) is 4.79 Å². The lowest BCUT2D eigenvalue weighted by Crippen LogP contribution is -2.32. The van der Waals surface area contributed by atoms with E-state index in [0.29, 0.717) is 5.75 Å². The number of carbonyl (C=O) groups excluding carboxylic acids is 3. The number of hydrogen-bond donors (Lipinski definition) is 1. The number of benzene rings is 1. The van der Waals surface area contributed by atoms with Crippen LogP contribution in [-0.4, -0.2) is 43.1 Å². The molecule has 0 radical (unpaired) electrons. The van der Waals surface area contributed by atoms with Gasteiger partial charge in [-0.1, -0.05) is 12.1 Å². The molecule has 1 aromatic carbocycles. The van der Waals surface area contributed by atoms with Gasteiger partial charge in [-0.2, -0.15) is 0 Å². The maximum Gasteiger partial charge on any atom is 0.325 e. The summed E-state index contributed by atoms with van der Waals surface area (Å²) in [5.74, 6) is -0.277. The second kappa shape index (κ2) is 6.25. The maximum absolute atomic E-state index is 12.1. The number of nitrogens with zero attached hydrogens (tertiary/aromatic N) is 1. The lowest BCUT2D eigenvalue weighted by molar-refractivity contribution is -0.143. The number of imide groups is 1. The van der Waals surface area contributed by atoms with E-state index in [0.717, 1.165) is 10.5 Å². The molecule has 1 fully saturated rings. The highest BCUT2D eigenvalue weighted by molar-refractivity contribution is 6.05. The van der Waals surface area contributed by atoms with Gasteiger partial charge in [-0.15, -0.1) is 0 Å². The molecule has 2 rings (SSSR count). The van der Waals surface area contributed by atoms with E-state index in [9.17, 15) is 14.4 Å². The lowest BCUT2D eigenvalue weighted by atomic mass is 10.2. The summed E-state index contributed by atoms with van der Waals surface area (Å²) in [5.41, 5.74) is 0.790. The van der Waals surface area contributed by atoms with Crippen LogP contribution in [-0.2, 0) is 20.9 Å². The van der Waals surface area contributed by atoms with Gasteiger partial charge in [0, 0.05) is 0 Å². The first-order chi connectivity index (χ1) is 10.0. The molecule has 112 valence electrons. The number of rotatable bonds is 5. The zero-order chi connectivity index (χ0) is 15.4. The monoisotopic (exact) mass is 292 g/mol. The molecule has 3 amide bonds. The van der Waals surface area contributed by atoms with Crippen molar-refractivity contribution in [3.05, 3.63) is 29.8 Å². The molecule has 1 saturated heterocycles. The van der Waals surface area contributed by atoms with Gasteiger partial charge in [0.25, 0.3) is 5.91 Å². The van der Waals surface area contributed by atoms with Crippen molar-refractivity contribution in [2.24, 2.45) is 0 Å². The topological polar surface area (TPSA) is 84.9 Å². The third-order valence-electron chi connectivity index (χ3n) is 3.21. The van der Waals surface area contributed by atoms with Crippen LogP contribution in [0, 0.1) is 0 Å². The van der Waals surface area contributed by atoms with Crippen LogP contribution in [0.3, 0.4) is 0 Å². The lowest BCUT2D eigenvalue weighted by Gasteiger charge is -2.13. The number of esters is 1. The Morgan fingerprint density at radius 2 is 1.90 bits per heavy atom. The summed E-state index contributed by atoms with van der Waals surface area (Å²) in [6, 6.07) is 5.67. The van der Waals surface area contributed by atoms with Crippen LogP contribution in [0.5, 0.6) is 5.75 Å². The number of carbonyl (C=O) groups is 3. The molecule has 0 saturated carbocycles. The summed E-state index contributed by atoms with van der Waals surface area (Å²) in [4.78, 5) is 36.2. The Labute approximate surface area is 121 Å². The second-order valence-corrected chi connectivity index (χ2v) is 4.55. The zero-order valence-corrected chi connectivity index (χ0v) is 11.8. The largest absolute Gasteiger partial charge is 0.497 e. The Balaban J connectivity index is 2.04. The van der Waals surface area contributed by atoms with Gasteiger partial charge in [-0.05, 0) is 17.7 Å². The molecule has 1 atom stereocenters. The van der Waals surface area contributed by atoms with Crippen molar-refractivity contribution in [3.63, 3.8) is 0 Å². The Morgan fingerprint density at radius 3 is 2.48 bits per heavy atom. The van der Waals surface area contributed by atoms with E-state index in [4.69, 9.17) is 4.74 Å². The zero-order valence-electron chi connectivity index (χ0n) is 11.8. The third-order valence-corrected chi connectivity index (χ3v) is 3.21. The summed E-state index contributed by atoms with van der Waals surface area (Å²) >= 11 is 0. The molecule has 1 aliphatic heterocycles. The van der Waals surface area contributed by atoms with Gasteiger partial charge in [-0.3, -0.25) is 14.5 Å². The fraction of sp³-hybridized carbons (Fsp3) is 0.357. The van der Waals surface area contributed by atoms with E-state index in [-0.39, 0.29) is 13.0 Å². The smallest absolute Gasteiger partial charge is 0.325 e. The fourth-order valence-electron chi connectivity index (χ4n) is 2.03. The van der Waals surface area contributed by atoms with E-state index >= 15 is 0 Å². The van der Waals surface area contributed by atoms with Gasteiger partial charge in [0.15, 0.2) is 0 Å². The molecule has 0 aliphatic carbocycles. The summed E-state index contributed by atoms with van der Waals surface area (Å²) in [7, 11) is 2.79. The fourth-order valence-corrected chi connectivity index (χ4v) is 2.03. The molecule has 7 heteroatoms. The average Bonchev–Trinajstić information content (AvgIpc) is 2.75. The highest BCUT2D eigenvalue weighted by Crippen LogP contribution is 2.17. The van der Waals surface area contributed by atoms with Gasteiger partial charge in [0.1, 0.15) is 11.8 Å². The molecule has 0 bridgehead atoms. The quantitative estimate of drug-likeness (QED) is 0.637. The van der Waals surface area contributed by atoms with Crippen molar-refractivity contribution in [1.82, 2.24) is 10.2 Å². The first-order valence-electron chi connectivity index (χ1n) is 6.36. The predicted molar refractivity (Wildman–Crippen MR) is 72.5 cm³/mol. The van der Waals surface area contributed by atoms with Crippen LogP contribution >= 0.6 is 0 Å². The standard InChI is InChI=1S/C14H16N2O5/c1-20-10-5-3-9(4-6-10)8-16-13(18)11(15-14(16)19)7-12(17)21-2/h3-6,11H,7-8H2,1-2H3,(H,15,19). The minimum atomic E-state index is -0.858. The molecule has 21 heavy (non-hydrogen) atoms. The van der Waals surface area contributed by atoms with Crippen molar-refractivity contribution in [2.75, 3.05) is 14.2 Å². The van der Waals surface area contributed by atoms with Gasteiger partial charge in [0.2, 0.25) is 0 Å². The van der Waals surface area contributed by atoms with Crippen molar-refractivity contribution in [3.8, 4) is 5.75 Å². The van der Waals surface area contributed by atoms with Gasteiger partial charge < -0.3 is 14.8 Å². The van der Waals surface area contributed by atoms with Crippen molar-refractivity contribution >= 4 is 17.9 Å². The summed E-state index contributed by atoms with van der Waals surface area (Å²) < 4.78 is 9.54. The minimum absolute atomic E-state index is 0.145. The Kier molecular flexibility index (Phi) is 4.42. The van der Waals surface area contributed by atoms with Crippen LogP contribution in [0.25, 0.3) is 0 Å². The number of methoxy groups -OCH3 is 2. The maximum atomic E-state index is 12.1. The summed E-state index contributed by atoms with van der Waals surface area (Å²) in [5, 5.41) is 2.47.